The van der Waals surface area contributed by atoms with Crippen molar-refractivity contribution in [3.05, 3.63) is 59.4 Å². The van der Waals surface area contributed by atoms with Gasteiger partial charge in [-0.25, -0.2) is 0 Å². The molecule has 0 saturated heterocycles. The maximum Gasteiger partial charge on any atom is 0.269 e. The minimum atomic E-state index is -0.241. The van der Waals surface area contributed by atoms with Crippen molar-refractivity contribution in [3.8, 4) is 0 Å². The number of amides is 2. The molecule has 1 aromatic heterocycles. The number of rotatable bonds is 5. The third-order valence-electron chi connectivity index (χ3n) is 4.67. The number of nitrogens with zero attached hydrogens (tertiary/aromatic N) is 2. The molecule has 0 aliphatic carbocycles. The largest absolute Gasteiger partial charge is 0.351 e. The summed E-state index contributed by atoms with van der Waals surface area (Å²) in [6.07, 6.45) is 3.28. The summed E-state index contributed by atoms with van der Waals surface area (Å²) in [5.41, 5.74) is 2.89. The van der Waals surface area contributed by atoms with Crippen molar-refractivity contribution in [2.75, 3.05) is 11.4 Å². The Bertz CT molecular complexity index is 816. The van der Waals surface area contributed by atoms with E-state index in [1.807, 2.05) is 30.0 Å². The molecule has 1 N–H and O–H groups in total. The third-order valence-corrected chi connectivity index (χ3v) is 4.67. The Morgan fingerprint density at radius 2 is 2.04 bits per heavy atom. The lowest BCUT2D eigenvalue weighted by molar-refractivity contribution is 0.0947. The molecule has 5 heteroatoms. The van der Waals surface area contributed by atoms with Crippen molar-refractivity contribution in [3.63, 3.8) is 0 Å². The molecule has 1 aliphatic rings. The molecule has 2 amide bonds. The van der Waals surface area contributed by atoms with Gasteiger partial charge in [-0.05, 0) is 49.4 Å². The minimum Gasteiger partial charge on any atom is -0.351 e. The van der Waals surface area contributed by atoms with Gasteiger partial charge in [-0.1, -0.05) is 32.0 Å². The van der Waals surface area contributed by atoms with Crippen LogP contribution in [0.25, 0.3) is 0 Å². The Hall–Kier alpha value is -2.69. The quantitative estimate of drug-likeness (QED) is 0.897. The number of para-hydroxylation sites is 1. The minimum absolute atomic E-state index is 0.0939. The van der Waals surface area contributed by atoms with Crippen LogP contribution in [0.15, 0.2) is 42.6 Å². The highest BCUT2D eigenvalue weighted by Crippen LogP contribution is 2.33. The maximum atomic E-state index is 13.1. The van der Waals surface area contributed by atoms with Gasteiger partial charge < -0.3 is 10.2 Å². The number of benzene rings is 1. The summed E-state index contributed by atoms with van der Waals surface area (Å²) >= 11 is 0. The van der Waals surface area contributed by atoms with Crippen LogP contribution in [0, 0.1) is 5.92 Å². The fourth-order valence-corrected chi connectivity index (χ4v) is 3.27. The highest BCUT2D eigenvalue weighted by Gasteiger charge is 2.31. The van der Waals surface area contributed by atoms with E-state index in [1.165, 1.54) is 11.8 Å². The molecular weight excluding hydrogens is 326 g/mol. The molecule has 0 radical (unpaired) electrons. The summed E-state index contributed by atoms with van der Waals surface area (Å²) in [6.45, 7) is 6.86. The number of nitrogens with one attached hydrogen (secondary N) is 1. The van der Waals surface area contributed by atoms with E-state index in [1.54, 1.807) is 12.1 Å². The van der Waals surface area contributed by atoms with E-state index >= 15 is 0 Å². The first-order valence-corrected chi connectivity index (χ1v) is 9.13. The molecule has 136 valence electrons. The van der Waals surface area contributed by atoms with Gasteiger partial charge in [-0.2, -0.15) is 0 Å². The highest BCUT2D eigenvalue weighted by molar-refractivity contribution is 6.08. The van der Waals surface area contributed by atoms with Crippen LogP contribution in [-0.2, 0) is 6.42 Å². The van der Waals surface area contributed by atoms with Crippen LogP contribution in [0.3, 0.4) is 0 Å². The van der Waals surface area contributed by atoms with Crippen molar-refractivity contribution < 1.29 is 9.59 Å². The first-order chi connectivity index (χ1) is 12.5. The van der Waals surface area contributed by atoms with E-state index in [9.17, 15) is 9.59 Å². The summed E-state index contributed by atoms with van der Waals surface area (Å²) in [5, 5.41) is 2.86. The van der Waals surface area contributed by atoms with E-state index in [2.05, 4.69) is 30.2 Å². The second-order valence-corrected chi connectivity index (χ2v) is 7.23. The van der Waals surface area contributed by atoms with Gasteiger partial charge in [-0.3, -0.25) is 14.6 Å². The van der Waals surface area contributed by atoms with Gasteiger partial charge in [0.2, 0.25) is 0 Å². The van der Waals surface area contributed by atoms with Gasteiger partial charge >= 0.3 is 0 Å². The number of carbonyl (C=O) groups is 2. The maximum absolute atomic E-state index is 13.1. The Kier molecular flexibility index (Phi) is 5.35. The van der Waals surface area contributed by atoms with Crippen LogP contribution in [0.4, 0.5) is 5.69 Å². The lowest BCUT2D eigenvalue weighted by Gasteiger charge is -2.23. The Labute approximate surface area is 154 Å². The molecule has 1 aromatic carbocycles. The van der Waals surface area contributed by atoms with Crippen LogP contribution >= 0.6 is 0 Å². The number of fused-ring (bicyclic) bond motifs is 1. The standard InChI is InChI=1S/C21H25N3O2/c1-14(2)8-10-23-20(25)18-13-17(9-11-22-18)21(26)24-15(3)12-16-6-4-5-7-19(16)24/h4-7,9,11,13-15H,8,10,12H2,1-3H3,(H,23,25). The van der Waals surface area contributed by atoms with E-state index in [4.69, 9.17) is 0 Å². The van der Waals surface area contributed by atoms with Crippen LogP contribution in [0.5, 0.6) is 0 Å². The van der Waals surface area contributed by atoms with Crippen LogP contribution in [0.2, 0.25) is 0 Å². The molecule has 26 heavy (non-hydrogen) atoms. The zero-order valence-electron chi connectivity index (χ0n) is 15.5. The van der Waals surface area contributed by atoms with Gasteiger partial charge in [0.05, 0.1) is 0 Å². The fourth-order valence-electron chi connectivity index (χ4n) is 3.27. The molecule has 1 unspecified atom stereocenters. The van der Waals surface area contributed by atoms with E-state index in [-0.39, 0.29) is 23.6 Å². The average Bonchev–Trinajstić information content (AvgIpc) is 2.96. The molecule has 0 fully saturated rings. The number of hydrogen-bond donors (Lipinski definition) is 1. The summed E-state index contributed by atoms with van der Waals surface area (Å²) < 4.78 is 0. The second-order valence-electron chi connectivity index (χ2n) is 7.23. The molecule has 0 spiro atoms. The number of hydrogen-bond acceptors (Lipinski definition) is 3. The molecule has 0 saturated carbocycles. The Morgan fingerprint density at radius 3 is 2.81 bits per heavy atom. The lowest BCUT2D eigenvalue weighted by atomic mass is 10.1. The average molecular weight is 351 g/mol. The predicted octanol–water partition coefficient (Wildman–Crippen LogP) is 3.45. The molecule has 1 atom stereocenters. The molecule has 0 bridgehead atoms. The van der Waals surface area contributed by atoms with Gasteiger partial charge in [0.1, 0.15) is 5.69 Å². The topological polar surface area (TPSA) is 62.3 Å². The zero-order valence-corrected chi connectivity index (χ0v) is 15.5. The number of anilines is 1. The van der Waals surface area contributed by atoms with Crippen LogP contribution in [0.1, 0.15) is 53.6 Å². The van der Waals surface area contributed by atoms with Crippen molar-refractivity contribution in [1.82, 2.24) is 10.3 Å². The summed E-state index contributed by atoms with van der Waals surface area (Å²) in [4.78, 5) is 31.3. The van der Waals surface area contributed by atoms with Crippen LogP contribution < -0.4 is 10.2 Å². The Balaban J connectivity index is 1.78. The molecule has 1 aliphatic heterocycles. The van der Waals surface area contributed by atoms with Crippen molar-refractivity contribution in [2.24, 2.45) is 5.92 Å². The van der Waals surface area contributed by atoms with Crippen molar-refractivity contribution in [1.29, 1.82) is 0 Å². The fraction of sp³-hybridized carbons (Fsp3) is 0.381. The SMILES string of the molecule is CC(C)CCNC(=O)c1cc(C(=O)N2c3ccccc3CC2C)ccn1. The smallest absolute Gasteiger partial charge is 0.269 e. The van der Waals surface area contributed by atoms with Crippen LogP contribution in [-0.4, -0.2) is 29.4 Å². The summed E-state index contributed by atoms with van der Waals surface area (Å²) in [5.74, 6) is 0.184. The molecule has 2 heterocycles. The second kappa shape index (κ2) is 7.68. The molecular formula is C21H25N3O2. The monoisotopic (exact) mass is 351 g/mol. The summed E-state index contributed by atoms with van der Waals surface area (Å²) in [6, 6.07) is 11.3. The molecule has 5 nitrogen and oxygen atoms in total. The van der Waals surface area contributed by atoms with E-state index in [0.717, 1.165) is 18.5 Å². The van der Waals surface area contributed by atoms with E-state index < -0.39 is 0 Å². The van der Waals surface area contributed by atoms with Gasteiger partial charge in [0.15, 0.2) is 0 Å². The number of aromatic nitrogens is 1. The Morgan fingerprint density at radius 1 is 1.27 bits per heavy atom. The third kappa shape index (κ3) is 3.77. The highest BCUT2D eigenvalue weighted by atomic mass is 16.2. The summed E-state index contributed by atoms with van der Waals surface area (Å²) in [7, 11) is 0. The van der Waals surface area contributed by atoms with Crippen molar-refractivity contribution in [2.45, 2.75) is 39.7 Å². The predicted molar refractivity (Wildman–Crippen MR) is 102 cm³/mol. The first kappa shape index (κ1) is 18.1. The molecule has 2 aromatic rings. The number of pyridine rings is 1. The molecule has 3 rings (SSSR count). The van der Waals surface area contributed by atoms with Crippen molar-refractivity contribution >= 4 is 17.5 Å². The van der Waals surface area contributed by atoms with Gasteiger partial charge in [0.25, 0.3) is 11.8 Å². The van der Waals surface area contributed by atoms with Gasteiger partial charge in [-0.15, -0.1) is 0 Å². The van der Waals surface area contributed by atoms with E-state index in [0.29, 0.717) is 18.0 Å². The zero-order chi connectivity index (χ0) is 18.7. The lowest BCUT2D eigenvalue weighted by Crippen LogP contribution is -2.36. The normalized spacial score (nSPS) is 15.8. The van der Waals surface area contributed by atoms with Gasteiger partial charge in [0, 0.05) is 30.0 Å². The first-order valence-electron chi connectivity index (χ1n) is 9.13. The number of carbonyl (C=O) groups excluding carboxylic acids is 2.